The van der Waals surface area contributed by atoms with Crippen LogP contribution in [0.25, 0.3) is 0 Å². The van der Waals surface area contributed by atoms with E-state index in [1.165, 1.54) is 4.90 Å². The van der Waals surface area contributed by atoms with Gasteiger partial charge in [0.2, 0.25) is 11.8 Å². The van der Waals surface area contributed by atoms with Gasteiger partial charge in [-0.2, -0.15) is 0 Å². The molecule has 2 bridgehead atoms. The van der Waals surface area contributed by atoms with Gasteiger partial charge in [0.15, 0.2) is 0 Å². The first-order valence-electron chi connectivity index (χ1n) is 15.0. The molecule has 3 unspecified atom stereocenters. The smallest absolute Gasteiger partial charge is 0.253 e. The standard InChI is InChI=1S/C34H39BrClN3O5/c1-5-16-37(19-22-10-8-7-9-11-22)31(41)27-28-32(42)39(26(20-40)21(3)4)30(34(28)18-25(35)29(27)44-34)33(43)38(17-6-2)24-14-12-23(36)13-15-24/h5-15,21,25-30,40H,1-2,16-20H2,3-4H3/t25?,26-,27+,28-,29+,30?,34?/m0/s1. The van der Waals surface area contributed by atoms with Gasteiger partial charge in [-0.25, -0.2) is 0 Å². The number of anilines is 1. The zero-order valence-corrected chi connectivity index (χ0v) is 27.4. The molecule has 7 atom stereocenters. The number of fused-ring (bicyclic) bond motifs is 1. The van der Waals surface area contributed by atoms with E-state index in [9.17, 15) is 19.5 Å². The molecule has 0 aromatic heterocycles. The van der Waals surface area contributed by atoms with E-state index in [-0.39, 0.29) is 41.6 Å². The van der Waals surface area contributed by atoms with E-state index in [1.807, 2.05) is 44.2 Å². The number of alkyl halides is 1. The Bertz CT molecular complexity index is 1410. The number of rotatable bonds is 12. The zero-order valence-electron chi connectivity index (χ0n) is 25.0. The highest BCUT2D eigenvalue weighted by Gasteiger charge is 2.77. The van der Waals surface area contributed by atoms with Crippen LogP contribution in [0.3, 0.4) is 0 Å². The lowest BCUT2D eigenvalue weighted by Crippen LogP contribution is -2.60. The third-order valence-electron chi connectivity index (χ3n) is 9.15. The summed E-state index contributed by atoms with van der Waals surface area (Å²) in [6, 6.07) is 14.8. The average molecular weight is 685 g/mol. The fraction of sp³-hybridized carbons (Fsp3) is 0.441. The van der Waals surface area contributed by atoms with Gasteiger partial charge < -0.3 is 24.5 Å². The molecule has 8 nitrogen and oxygen atoms in total. The van der Waals surface area contributed by atoms with Crippen LogP contribution in [0.2, 0.25) is 5.02 Å². The second kappa shape index (κ2) is 13.2. The van der Waals surface area contributed by atoms with Crippen molar-refractivity contribution in [3.05, 3.63) is 90.5 Å². The number of ether oxygens (including phenoxy) is 1. The minimum Gasteiger partial charge on any atom is -0.394 e. The van der Waals surface area contributed by atoms with Crippen molar-refractivity contribution in [3.8, 4) is 0 Å². The first-order valence-corrected chi connectivity index (χ1v) is 16.2. The molecule has 3 aliphatic rings. The topological polar surface area (TPSA) is 90.4 Å². The second-order valence-corrected chi connectivity index (χ2v) is 13.7. The monoisotopic (exact) mass is 683 g/mol. The number of carbonyl (C=O) groups excluding carboxylic acids is 3. The van der Waals surface area contributed by atoms with Crippen molar-refractivity contribution < 1.29 is 24.2 Å². The SMILES string of the molecule is C=CCN(Cc1ccccc1)C(=O)[C@H]1[C@@H]2OC3(CC2Br)C(C(=O)N(CC=C)c2ccc(Cl)cc2)N([C@@H](CO)C(C)C)C(=O)[C@H]13. The Labute approximate surface area is 272 Å². The summed E-state index contributed by atoms with van der Waals surface area (Å²) in [6.07, 6.45) is 3.06. The number of likely N-dealkylation sites (tertiary alicyclic amines) is 1. The maximum Gasteiger partial charge on any atom is 0.253 e. The van der Waals surface area contributed by atoms with Crippen LogP contribution in [0.1, 0.15) is 25.8 Å². The Kier molecular flexibility index (Phi) is 9.70. The molecule has 3 heterocycles. The predicted octanol–water partition coefficient (Wildman–Crippen LogP) is 4.84. The molecule has 3 fully saturated rings. The summed E-state index contributed by atoms with van der Waals surface area (Å²) in [5, 5.41) is 11.1. The predicted molar refractivity (Wildman–Crippen MR) is 174 cm³/mol. The number of hydrogen-bond acceptors (Lipinski definition) is 5. The lowest BCUT2D eigenvalue weighted by Gasteiger charge is -2.40. The zero-order chi connectivity index (χ0) is 31.8. The van der Waals surface area contributed by atoms with E-state index >= 15 is 0 Å². The third-order valence-corrected chi connectivity index (χ3v) is 10.3. The molecule has 1 spiro atoms. The highest BCUT2D eigenvalue weighted by molar-refractivity contribution is 9.09. The van der Waals surface area contributed by atoms with Gasteiger partial charge in [0.1, 0.15) is 11.6 Å². The average Bonchev–Trinajstić information content (AvgIpc) is 3.60. The fourth-order valence-electron chi connectivity index (χ4n) is 7.23. The summed E-state index contributed by atoms with van der Waals surface area (Å²) in [6.45, 7) is 12.0. The number of aliphatic hydroxyl groups is 1. The lowest BCUT2D eigenvalue weighted by molar-refractivity contribution is -0.148. The molecule has 0 saturated carbocycles. The molecule has 1 N–H and O–H groups in total. The van der Waals surface area contributed by atoms with Crippen LogP contribution in [-0.4, -0.2) is 80.9 Å². The lowest BCUT2D eigenvalue weighted by atomic mass is 9.70. The number of amides is 3. The van der Waals surface area contributed by atoms with Crippen LogP contribution in [-0.2, 0) is 25.7 Å². The van der Waals surface area contributed by atoms with E-state index in [2.05, 4.69) is 29.1 Å². The van der Waals surface area contributed by atoms with Crippen LogP contribution >= 0.6 is 27.5 Å². The summed E-state index contributed by atoms with van der Waals surface area (Å²) < 4.78 is 6.74. The largest absolute Gasteiger partial charge is 0.394 e. The molecule has 3 saturated heterocycles. The molecule has 2 aromatic carbocycles. The molecule has 234 valence electrons. The van der Waals surface area contributed by atoms with E-state index in [0.717, 1.165) is 5.56 Å². The summed E-state index contributed by atoms with van der Waals surface area (Å²) in [7, 11) is 0. The molecule has 0 radical (unpaired) electrons. The van der Waals surface area contributed by atoms with Gasteiger partial charge in [0, 0.05) is 35.2 Å². The third kappa shape index (κ3) is 5.53. The molecule has 0 aliphatic carbocycles. The minimum atomic E-state index is -1.27. The van der Waals surface area contributed by atoms with Gasteiger partial charge in [0.05, 0.1) is 30.6 Å². The first-order chi connectivity index (χ1) is 21.1. The number of carbonyl (C=O) groups is 3. The number of halogens is 2. The quantitative estimate of drug-likeness (QED) is 0.256. The summed E-state index contributed by atoms with van der Waals surface area (Å²) in [4.78, 5) is 48.4. The van der Waals surface area contributed by atoms with Crippen LogP contribution in [0.15, 0.2) is 79.9 Å². The van der Waals surface area contributed by atoms with Crippen molar-refractivity contribution >= 4 is 50.9 Å². The van der Waals surface area contributed by atoms with E-state index in [1.54, 1.807) is 46.2 Å². The fourth-order valence-corrected chi connectivity index (χ4v) is 8.30. The van der Waals surface area contributed by atoms with Gasteiger partial charge in [0.25, 0.3) is 5.91 Å². The summed E-state index contributed by atoms with van der Waals surface area (Å²) in [5.41, 5.74) is 0.272. The van der Waals surface area contributed by atoms with Gasteiger partial charge in [-0.1, -0.05) is 83.9 Å². The van der Waals surface area contributed by atoms with Crippen LogP contribution < -0.4 is 4.90 Å². The van der Waals surface area contributed by atoms with Crippen LogP contribution in [0.4, 0.5) is 5.69 Å². The highest BCUT2D eigenvalue weighted by atomic mass is 79.9. The Hall–Kier alpha value is -2.98. The van der Waals surface area contributed by atoms with Crippen molar-refractivity contribution in [1.82, 2.24) is 9.80 Å². The Morgan fingerprint density at radius 1 is 1.11 bits per heavy atom. The maximum absolute atomic E-state index is 14.8. The minimum absolute atomic E-state index is 0.167. The molecule has 5 rings (SSSR count). The number of benzene rings is 2. The van der Waals surface area contributed by atoms with Gasteiger partial charge in [-0.05, 0) is 42.2 Å². The van der Waals surface area contributed by atoms with Crippen molar-refractivity contribution in [2.24, 2.45) is 17.8 Å². The van der Waals surface area contributed by atoms with Gasteiger partial charge in [-0.15, -0.1) is 13.2 Å². The van der Waals surface area contributed by atoms with Crippen molar-refractivity contribution in [2.75, 3.05) is 24.6 Å². The number of hydrogen-bond donors (Lipinski definition) is 1. The van der Waals surface area contributed by atoms with Crippen molar-refractivity contribution in [3.63, 3.8) is 0 Å². The van der Waals surface area contributed by atoms with Gasteiger partial charge >= 0.3 is 0 Å². The van der Waals surface area contributed by atoms with E-state index in [0.29, 0.717) is 30.2 Å². The molecule has 2 aromatic rings. The molecule has 3 amide bonds. The highest BCUT2D eigenvalue weighted by Crippen LogP contribution is 2.61. The van der Waals surface area contributed by atoms with Gasteiger partial charge in [-0.3, -0.25) is 14.4 Å². The molecular weight excluding hydrogens is 646 g/mol. The Morgan fingerprint density at radius 2 is 1.77 bits per heavy atom. The van der Waals surface area contributed by atoms with Crippen LogP contribution in [0.5, 0.6) is 0 Å². The van der Waals surface area contributed by atoms with Crippen molar-refractivity contribution in [1.29, 1.82) is 0 Å². The summed E-state index contributed by atoms with van der Waals surface area (Å²) in [5.74, 6) is -2.80. The van der Waals surface area contributed by atoms with Crippen LogP contribution in [0, 0.1) is 17.8 Å². The Morgan fingerprint density at radius 3 is 2.36 bits per heavy atom. The van der Waals surface area contributed by atoms with E-state index < -0.39 is 35.6 Å². The summed E-state index contributed by atoms with van der Waals surface area (Å²) >= 11 is 9.91. The Balaban J connectivity index is 1.60. The number of nitrogens with zero attached hydrogens (tertiary/aromatic N) is 3. The molecule has 44 heavy (non-hydrogen) atoms. The number of aliphatic hydroxyl groups excluding tert-OH is 1. The molecule has 3 aliphatic heterocycles. The molecular formula is C34H39BrClN3O5. The molecule has 10 heteroatoms. The second-order valence-electron chi connectivity index (χ2n) is 12.1. The van der Waals surface area contributed by atoms with E-state index in [4.69, 9.17) is 16.3 Å². The van der Waals surface area contributed by atoms with Crippen molar-refractivity contribution in [2.45, 2.75) is 55.4 Å². The maximum atomic E-state index is 14.8. The normalized spacial score (nSPS) is 27.7. The first kappa shape index (κ1) is 32.4.